The number of sulfonamides is 1. The van der Waals surface area contributed by atoms with Gasteiger partial charge in [0.25, 0.3) is 0 Å². The fraction of sp³-hybridized carbons (Fsp3) is 0.625. The Morgan fingerprint density at radius 1 is 1.60 bits per heavy atom. The monoisotopic (exact) mass is 251 g/mol. The molecule has 1 heterocycles. The van der Waals surface area contributed by atoms with E-state index in [1.807, 2.05) is 0 Å². The van der Waals surface area contributed by atoms with Crippen molar-refractivity contribution in [2.24, 2.45) is 0 Å². The summed E-state index contributed by atoms with van der Waals surface area (Å²) >= 11 is 5.53. The molecule has 0 radical (unpaired) electrons. The Kier molecular flexibility index (Phi) is 4.12. The van der Waals surface area contributed by atoms with E-state index in [1.54, 1.807) is 6.92 Å². The Bertz CT molecular complexity index is 415. The van der Waals surface area contributed by atoms with Crippen LogP contribution < -0.4 is 0 Å². The third kappa shape index (κ3) is 2.70. The van der Waals surface area contributed by atoms with E-state index >= 15 is 0 Å². The maximum absolute atomic E-state index is 11.8. The van der Waals surface area contributed by atoms with Crippen LogP contribution in [0.15, 0.2) is 17.3 Å². The number of aryl methyl sites for hydroxylation is 1. The first-order valence-corrected chi connectivity index (χ1v) is 6.54. The first kappa shape index (κ1) is 12.5. The van der Waals surface area contributed by atoms with Crippen LogP contribution in [0.3, 0.4) is 0 Å². The Labute approximate surface area is 94.7 Å². The molecule has 86 valence electrons. The molecule has 0 aliphatic carbocycles. The zero-order chi connectivity index (χ0) is 11.5. The number of nitrogens with zero attached hydrogens (tertiary/aromatic N) is 3. The summed E-state index contributed by atoms with van der Waals surface area (Å²) in [6.45, 7) is 2.72. The molecule has 7 heteroatoms. The lowest BCUT2D eigenvalue weighted by atomic mass is 10.7. The quantitative estimate of drug-likeness (QED) is 0.726. The molecule has 0 N–H and O–H groups in total. The van der Waals surface area contributed by atoms with E-state index in [-0.39, 0.29) is 4.90 Å². The van der Waals surface area contributed by atoms with E-state index in [4.69, 9.17) is 11.6 Å². The molecule has 0 unspecified atom stereocenters. The van der Waals surface area contributed by atoms with Crippen LogP contribution in [0.5, 0.6) is 0 Å². The molecule has 1 aromatic rings. The number of rotatable bonds is 5. The normalized spacial score (nSPS) is 12.3. The largest absolute Gasteiger partial charge is 0.270 e. The van der Waals surface area contributed by atoms with Crippen LogP contribution >= 0.6 is 11.6 Å². The lowest BCUT2D eigenvalue weighted by Gasteiger charge is -2.12. The highest BCUT2D eigenvalue weighted by molar-refractivity contribution is 7.89. The van der Waals surface area contributed by atoms with Gasteiger partial charge in [-0.05, 0) is 0 Å². The third-order valence-electron chi connectivity index (χ3n) is 2.08. The van der Waals surface area contributed by atoms with Gasteiger partial charge >= 0.3 is 0 Å². The molecule has 1 rings (SSSR count). The Hall–Kier alpha value is -0.590. The van der Waals surface area contributed by atoms with Gasteiger partial charge in [0.15, 0.2) is 0 Å². The molecule has 0 spiro atoms. The van der Waals surface area contributed by atoms with Gasteiger partial charge in [-0.15, -0.1) is 11.6 Å². The third-order valence-corrected chi connectivity index (χ3v) is 4.13. The van der Waals surface area contributed by atoms with Crippen LogP contribution in [0.2, 0.25) is 0 Å². The molecule has 0 saturated carbocycles. The molecule has 0 fully saturated rings. The second kappa shape index (κ2) is 4.96. The molecule has 0 aromatic carbocycles. The second-order valence-corrected chi connectivity index (χ2v) is 5.47. The summed E-state index contributed by atoms with van der Waals surface area (Å²) in [5, 5.41) is 3.92. The maximum Gasteiger partial charge on any atom is 0.245 e. The highest BCUT2D eigenvalue weighted by Gasteiger charge is 2.20. The van der Waals surface area contributed by atoms with Crippen LogP contribution in [-0.4, -0.2) is 42.0 Å². The van der Waals surface area contributed by atoms with Gasteiger partial charge in [-0.25, -0.2) is 12.7 Å². The van der Waals surface area contributed by atoms with E-state index < -0.39 is 10.0 Å². The van der Waals surface area contributed by atoms with Crippen molar-refractivity contribution in [3.05, 3.63) is 12.4 Å². The molecule has 0 atom stereocenters. The zero-order valence-corrected chi connectivity index (χ0v) is 10.3. The first-order chi connectivity index (χ1) is 7.02. The topological polar surface area (TPSA) is 55.2 Å². The fourth-order valence-corrected chi connectivity index (χ4v) is 2.34. The lowest BCUT2D eigenvalue weighted by Crippen LogP contribution is -2.26. The van der Waals surface area contributed by atoms with Gasteiger partial charge in [-0.3, -0.25) is 4.68 Å². The summed E-state index contributed by atoms with van der Waals surface area (Å²) in [6.07, 6.45) is 2.83. The minimum Gasteiger partial charge on any atom is -0.270 e. The molecule has 0 bridgehead atoms. The predicted molar refractivity (Wildman–Crippen MR) is 58.4 cm³/mol. The molecular formula is C8H14ClN3O2S. The van der Waals surface area contributed by atoms with Gasteiger partial charge in [0.2, 0.25) is 10.0 Å². The highest BCUT2D eigenvalue weighted by Crippen LogP contribution is 2.12. The van der Waals surface area contributed by atoms with Crippen molar-refractivity contribution in [1.29, 1.82) is 0 Å². The van der Waals surface area contributed by atoms with Crippen molar-refractivity contribution < 1.29 is 8.42 Å². The number of hydrogen-bond donors (Lipinski definition) is 0. The predicted octanol–water partition coefficient (Wildman–Crippen LogP) is 0.762. The van der Waals surface area contributed by atoms with Crippen molar-refractivity contribution >= 4 is 21.6 Å². The van der Waals surface area contributed by atoms with E-state index in [1.165, 1.54) is 28.4 Å². The minimum atomic E-state index is -3.38. The van der Waals surface area contributed by atoms with E-state index in [2.05, 4.69) is 5.10 Å². The summed E-state index contributed by atoms with van der Waals surface area (Å²) in [5.74, 6) is 0.408. The molecule has 0 amide bonds. The van der Waals surface area contributed by atoms with E-state index in [9.17, 15) is 8.42 Å². The summed E-state index contributed by atoms with van der Waals surface area (Å²) in [5.41, 5.74) is 0. The van der Waals surface area contributed by atoms with Crippen molar-refractivity contribution in [2.45, 2.75) is 18.4 Å². The van der Waals surface area contributed by atoms with Crippen molar-refractivity contribution in [3.8, 4) is 0 Å². The van der Waals surface area contributed by atoms with E-state index in [0.717, 1.165) is 0 Å². The minimum absolute atomic E-state index is 0.206. The Balaban J connectivity index is 2.96. The summed E-state index contributed by atoms with van der Waals surface area (Å²) in [7, 11) is -1.84. The van der Waals surface area contributed by atoms with Crippen molar-refractivity contribution in [1.82, 2.24) is 14.1 Å². The first-order valence-electron chi connectivity index (χ1n) is 4.57. The average Bonchev–Trinajstić information content (AvgIpc) is 2.66. The summed E-state index contributed by atoms with van der Waals surface area (Å²) < 4.78 is 26.4. The molecule has 5 nitrogen and oxygen atoms in total. The standard InChI is InChI=1S/C8H14ClN3O2S/c1-3-11(2)15(13,14)8-6-10-12(7-8)5-4-9/h6-7H,3-5H2,1-2H3. The number of hydrogen-bond acceptors (Lipinski definition) is 3. The van der Waals surface area contributed by atoms with Crippen LogP contribution in [0.1, 0.15) is 6.92 Å². The summed E-state index contributed by atoms with van der Waals surface area (Å²) in [4.78, 5) is 0.206. The molecule has 1 aromatic heterocycles. The Morgan fingerprint density at radius 3 is 2.80 bits per heavy atom. The van der Waals surface area contributed by atoms with Gasteiger partial charge in [0.1, 0.15) is 4.90 Å². The second-order valence-electron chi connectivity index (χ2n) is 3.05. The highest BCUT2D eigenvalue weighted by atomic mass is 35.5. The van der Waals surface area contributed by atoms with Crippen LogP contribution in [0.4, 0.5) is 0 Å². The molecule has 0 aliphatic heterocycles. The smallest absolute Gasteiger partial charge is 0.245 e. The SMILES string of the molecule is CCN(C)S(=O)(=O)c1cnn(CCCl)c1. The zero-order valence-electron chi connectivity index (χ0n) is 8.72. The fourth-order valence-electron chi connectivity index (χ4n) is 1.04. The molecule has 15 heavy (non-hydrogen) atoms. The van der Waals surface area contributed by atoms with Gasteiger partial charge in [0, 0.05) is 25.7 Å². The number of halogens is 1. The molecule has 0 saturated heterocycles. The van der Waals surface area contributed by atoms with Crippen molar-refractivity contribution in [3.63, 3.8) is 0 Å². The Morgan fingerprint density at radius 2 is 2.27 bits per heavy atom. The number of aromatic nitrogens is 2. The van der Waals surface area contributed by atoms with Crippen LogP contribution in [0.25, 0.3) is 0 Å². The molecule has 0 aliphatic rings. The van der Waals surface area contributed by atoms with Crippen LogP contribution in [0, 0.1) is 0 Å². The average molecular weight is 252 g/mol. The van der Waals surface area contributed by atoms with E-state index in [0.29, 0.717) is 19.0 Å². The molecular weight excluding hydrogens is 238 g/mol. The van der Waals surface area contributed by atoms with Gasteiger partial charge in [0.05, 0.1) is 12.7 Å². The van der Waals surface area contributed by atoms with Crippen LogP contribution in [-0.2, 0) is 16.6 Å². The number of alkyl halides is 1. The lowest BCUT2D eigenvalue weighted by molar-refractivity contribution is 0.486. The van der Waals surface area contributed by atoms with Crippen molar-refractivity contribution in [2.75, 3.05) is 19.5 Å². The van der Waals surface area contributed by atoms with Gasteiger partial charge < -0.3 is 0 Å². The summed E-state index contributed by atoms with van der Waals surface area (Å²) in [6, 6.07) is 0. The van der Waals surface area contributed by atoms with Gasteiger partial charge in [-0.1, -0.05) is 6.92 Å². The van der Waals surface area contributed by atoms with Gasteiger partial charge in [-0.2, -0.15) is 5.10 Å². The maximum atomic E-state index is 11.8.